The summed E-state index contributed by atoms with van der Waals surface area (Å²) in [5, 5.41) is 4.18. The Hall–Kier alpha value is -3.79. The molecule has 0 bridgehead atoms. The SMILES string of the molecule is CC(C)(C)CCC(=O)N(c1cnc(-c2cncnc2)cn1)C1CCC(Nc2ncc(C(C)(C)C)c(C3=NCC=C3Cl)n2)CC1. The second kappa shape index (κ2) is 13.1. The normalized spacial score (nSPS) is 18.9. The molecule has 0 saturated heterocycles. The smallest absolute Gasteiger partial charge is 0.228 e. The number of carbonyl (C=O) groups is 1. The summed E-state index contributed by atoms with van der Waals surface area (Å²) in [6.45, 7) is 13.4. The molecule has 5 rings (SSSR count). The highest BCUT2D eigenvalue weighted by atomic mass is 35.5. The molecule has 10 nitrogen and oxygen atoms in total. The fraction of sp³-hybridized carbons (Fsp3) is 0.515. The minimum atomic E-state index is -0.160. The van der Waals surface area contributed by atoms with E-state index in [4.69, 9.17) is 16.6 Å². The topological polar surface area (TPSA) is 122 Å². The molecule has 1 amide bonds. The number of allylic oxidation sites excluding steroid dienone is 1. The summed E-state index contributed by atoms with van der Waals surface area (Å²) in [6.07, 6.45) is 16.7. The van der Waals surface area contributed by atoms with Crippen LogP contribution in [0.25, 0.3) is 11.3 Å². The molecule has 1 saturated carbocycles. The summed E-state index contributed by atoms with van der Waals surface area (Å²) in [6, 6.07) is 0.200. The van der Waals surface area contributed by atoms with Gasteiger partial charge in [-0.05, 0) is 49.0 Å². The largest absolute Gasteiger partial charge is 0.351 e. The van der Waals surface area contributed by atoms with Crippen LogP contribution in [0.15, 0.2) is 53.4 Å². The van der Waals surface area contributed by atoms with Gasteiger partial charge in [0, 0.05) is 48.2 Å². The lowest BCUT2D eigenvalue weighted by Crippen LogP contribution is -2.45. The molecular formula is C33H42ClN9O. The lowest BCUT2D eigenvalue weighted by atomic mass is 9.85. The number of hydrogen-bond acceptors (Lipinski definition) is 9. The van der Waals surface area contributed by atoms with Gasteiger partial charge in [-0.3, -0.25) is 19.7 Å². The Morgan fingerprint density at radius 1 is 0.955 bits per heavy atom. The van der Waals surface area contributed by atoms with Crippen LogP contribution in [0.5, 0.6) is 0 Å². The average molecular weight is 616 g/mol. The molecule has 4 heterocycles. The number of nitrogens with zero attached hydrogens (tertiary/aromatic N) is 8. The number of aromatic nitrogens is 6. The van der Waals surface area contributed by atoms with Gasteiger partial charge in [0.2, 0.25) is 11.9 Å². The van der Waals surface area contributed by atoms with Crippen LogP contribution < -0.4 is 10.2 Å². The lowest BCUT2D eigenvalue weighted by Gasteiger charge is -2.37. The van der Waals surface area contributed by atoms with Crippen molar-refractivity contribution in [1.29, 1.82) is 0 Å². The first kappa shape index (κ1) is 31.6. The van der Waals surface area contributed by atoms with Crippen molar-refractivity contribution in [1.82, 2.24) is 29.9 Å². The highest BCUT2D eigenvalue weighted by molar-refractivity contribution is 6.46. The number of carbonyl (C=O) groups excluding carboxylic acids is 1. The maximum absolute atomic E-state index is 13.7. The van der Waals surface area contributed by atoms with Crippen LogP contribution in [0, 0.1) is 5.41 Å². The number of rotatable bonds is 8. The van der Waals surface area contributed by atoms with Gasteiger partial charge < -0.3 is 5.32 Å². The molecule has 44 heavy (non-hydrogen) atoms. The van der Waals surface area contributed by atoms with Crippen LogP contribution in [-0.2, 0) is 10.2 Å². The zero-order chi connectivity index (χ0) is 31.5. The van der Waals surface area contributed by atoms with E-state index in [9.17, 15) is 4.79 Å². The number of anilines is 2. The predicted octanol–water partition coefficient (Wildman–Crippen LogP) is 6.53. The van der Waals surface area contributed by atoms with E-state index in [1.54, 1.807) is 24.8 Å². The van der Waals surface area contributed by atoms with Crippen molar-refractivity contribution in [2.45, 2.75) is 97.6 Å². The molecule has 232 valence electrons. The molecule has 3 aromatic rings. The zero-order valence-corrected chi connectivity index (χ0v) is 27.3. The van der Waals surface area contributed by atoms with Crippen molar-refractivity contribution >= 4 is 35.0 Å². The van der Waals surface area contributed by atoms with E-state index < -0.39 is 0 Å². The average Bonchev–Trinajstić information content (AvgIpc) is 3.42. The third-order valence-corrected chi connectivity index (χ3v) is 8.39. The molecule has 1 fully saturated rings. The van der Waals surface area contributed by atoms with Crippen molar-refractivity contribution in [2.75, 3.05) is 16.8 Å². The van der Waals surface area contributed by atoms with Crippen LogP contribution in [0.3, 0.4) is 0 Å². The summed E-state index contributed by atoms with van der Waals surface area (Å²) in [4.78, 5) is 47.2. The van der Waals surface area contributed by atoms with E-state index in [0.29, 0.717) is 35.5 Å². The Morgan fingerprint density at radius 3 is 2.27 bits per heavy atom. The van der Waals surface area contributed by atoms with Crippen molar-refractivity contribution in [3.8, 4) is 11.3 Å². The second-order valence-electron chi connectivity index (χ2n) is 13.8. The molecule has 1 aliphatic carbocycles. The van der Waals surface area contributed by atoms with E-state index in [2.05, 4.69) is 76.8 Å². The maximum Gasteiger partial charge on any atom is 0.228 e. The Labute approximate surface area is 264 Å². The summed E-state index contributed by atoms with van der Waals surface area (Å²) in [5.41, 5.74) is 3.86. The summed E-state index contributed by atoms with van der Waals surface area (Å²) < 4.78 is 0. The fourth-order valence-corrected chi connectivity index (χ4v) is 5.78. The van der Waals surface area contributed by atoms with Gasteiger partial charge in [-0.1, -0.05) is 53.1 Å². The molecule has 0 unspecified atom stereocenters. The van der Waals surface area contributed by atoms with Crippen LogP contribution >= 0.6 is 11.6 Å². The minimum Gasteiger partial charge on any atom is -0.351 e. The molecule has 0 aromatic carbocycles. The van der Waals surface area contributed by atoms with Crippen LogP contribution in [0.2, 0.25) is 0 Å². The van der Waals surface area contributed by atoms with Gasteiger partial charge in [0.1, 0.15) is 12.0 Å². The van der Waals surface area contributed by atoms with Gasteiger partial charge in [-0.25, -0.2) is 24.9 Å². The zero-order valence-electron chi connectivity index (χ0n) is 26.5. The first-order valence-electron chi connectivity index (χ1n) is 15.3. The number of aliphatic imine (C=N–C) groups is 1. The highest BCUT2D eigenvalue weighted by Gasteiger charge is 2.32. The van der Waals surface area contributed by atoms with Crippen LogP contribution in [-0.4, -0.2) is 60.2 Å². The standard InChI is InChI=1S/C33H42ClN9O/c1-32(2,3)13-11-28(44)43(27-19-38-26(18-39-27)21-15-35-20-36-16-21)23-9-7-22(8-10-23)41-31-40-17-24(33(4,5)6)29(42-31)30-25(34)12-14-37-30/h12,15-20,22-23H,7-11,13-14H2,1-6H3,(H,40,41,42). The highest BCUT2D eigenvalue weighted by Crippen LogP contribution is 2.32. The minimum absolute atomic E-state index is 0.0252. The Morgan fingerprint density at radius 2 is 1.68 bits per heavy atom. The molecule has 1 aliphatic heterocycles. The van der Waals surface area contributed by atoms with Gasteiger partial charge in [0.25, 0.3) is 0 Å². The van der Waals surface area contributed by atoms with E-state index in [-0.39, 0.29) is 28.8 Å². The van der Waals surface area contributed by atoms with E-state index >= 15 is 0 Å². The molecule has 0 radical (unpaired) electrons. The molecular weight excluding hydrogens is 574 g/mol. The molecule has 11 heteroatoms. The molecule has 1 N–H and O–H groups in total. The van der Waals surface area contributed by atoms with Gasteiger partial charge in [-0.15, -0.1) is 0 Å². The van der Waals surface area contributed by atoms with Crippen LogP contribution in [0.1, 0.15) is 91.3 Å². The quantitative estimate of drug-likeness (QED) is 0.303. The molecule has 3 aromatic heterocycles. The molecule has 0 atom stereocenters. The van der Waals surface area contributed by atoms with Crippen molar-refractivity contribution < 1.29 is 4.79 Å². The number of nitrogens with one attached hydrogen (secondary N) is 1. The summed E-state index contributed by atoms with van der Waals surface area (Å²) in [5.74, 6) is 1.23. The first-order chi connectivity index (χ1) is 20.9. The van der Waals surface area contributed by atoms with E-state index in [1.165, 1.54) is 6.33 Å². The third kappa shape index (κ3) is 7.64. The molecule has 0 spiro atoms. The van der Waals surface area contributed by atoms with Crippen molar-refractivity contribution in [3.63, 3.8) is 0 Å². The van der Waals surface area contributed by atoms with Gasteiger partial charge >= 0.3 is 0 Å². The van der Waals surface area contributed by atoms with Crippen molar-refractivity contribution in [2.24, 2.45) is 10.4 Å². The Balaban J connectivity index is 1.31. The molecule has 2 aliphatic rings. The van der Waals surface area contributed by atoms with E-state index in [0.717, 1.165) is 54.6 Å². The lowest BCUT2D eigenvalue weighted by molar-refractivity contribution is -0.119. The Bertz CT molecular complexity index is 1520. The Kier molecular flexibility index (Phi) is 9.39. The summed E-state index contributed by atoms with van der Waals surface area (Å²) in [7, 11) is 0. The maximum atomic E-state index is 13.7. The monoisotopic (exact) mass is 615 g/mol. The number of amides is 1. The predicted molar refractivity (Wildman–Crippen MR) is 175 cm³/mol. The van der Waals surface area contributed by atoms with Crippen LogP contribution in [0.4, 0.5) is 11.8 Å². The summed E-state index contributed by atoms with van der Waals surface area (Å²) >= 11 is 6.49. The van der Waals surface area contributed by atoms with Gasteiger partial charge in [-0.2, -0.15) is 0 Å². The van der Waals surface area contributed by atoms with Gasteiger partial charge in [0.05, 0.1) is 35.4 Å². The van der Waals surface area contributed by atoms with Crippen molar-refractivity contribution in [3.05, 3.63) is 59.7 Å². The number of hydrogen-bond donors (Lipinski definition) is 1. The second-order valence-corrected chi connectivity index (χ2v) is 14.2. The number of halogens is 1. The third-order valence-electron chi connectivity index (χ3n) is 8.06. The van der Waals surface area contributed by atoms with Gasteiger partial charge in [0.15, 0.2) is 5.82 Å². The van der Waals surface area contributed by atoms with E-state index in [1.807, 2.05) is 17.2 Å². The fourth-order valence-electron chi connectivity index (χ4n) is 5.57. The first-order valence-corrected chi connectivity index (χ1v) is 15.7.